The Morgan fingerprint density at radius 2 is 1.97 bits per heavy atom. The lowest BCUT2D eigenvalue weighted by Crippen LogP contribution is -2.55. The second-order valence-corrected chi connectivity index (χ2v) is 8.78. The SMILES string of the molecule is CC(=O)C(=O)[C@H](N)[C@@H](OC(=O)CCCC[C@@H]1SC[C@@H]2NC(=O)N[C@@H]21)[C@@H](O)[C@H](O)CO. The molecular formula is C18H29N3O8S. The molecule has 2 heterocycles. The van der Waals surface area contributed by atoms with E-state index in [1.54, 1.807) is 11.8 Å². The summed E-state index contributed by atoms with van der Waals surface area (Å²) < 4.78 is 5.09. The highest BCUT2D eigenvalue weighted by atomic mass is 32.2. The van der Waals surface area contributed by atoms with Crippen LogP contribution in [0.5, 0.6) is 0 Å². The second kappa shape index (κ2) is 11.0. The van der Waals surface area contributed by atoms with Gasteiger partial charge in [0.1, 0.15) is 18.2 Å². The molecule has 0 saturated carbocycles. The largest absolute Gasteiger partial charge is 0.457 e. The predicted molar refractivity (Wildman–Crippen MR) is 107 cm³/mol. The van der Waals surface area contributed by atoms with Gasteiger partial charge < -0.3 is 36.4 Å². The van der Waals surface area contributed by atoms with Crippen LogP contribution >= 0.6 is 11.8 Å². The molecule has 12 heteroatoms. The van der Waals surface area contributed by atoms with Crippen LogP contribution in [0.4, 0.5) is 4.79 Å². The number of esters is 1. The highest BCUT2D eigenvalue weighted by molar-refractivity contribution is 8.00. The number of rotatable bonds is 12. The molecule has 2 fully saturated rings. The zero-order chi connectivity index (χ0) is 22.4. The summed E-state index contributed by atoms with van der Waals surface area (Å²) in [6.07, 6.45) is -3.26. The Kier molecular flexibility index (Phi) is 9.04. The third kappa shape index (κ3) is 6.14. The van der Waals surface area contributed by atoms with Gasteiger partial charge in [-0.2, -0.15) is 11.8 Å². The van der Waals surface area contributed by atoms with Crippen molar-refractivity contribution < 1.29 is 39.2 Å². The molecule has 2 aliphatic heterocycles. The van der Waals surface area contributed by atoms with E-state index in [4.69, 9.17) is 15.6 Å². The van der Waals surface area contributed by atoms with Crippen molar-refractivity contribution in [2.24, 2.45) is 5.73 Å². The maximum absolute atomic E-state index is 12.2. The van der Waals surface area contributed by atoms with Gasteiger partial charge in [0.25, 0.3) is 0 Å². The summed E-state index contributed by atoms with van der Waals surface area (Å²) >= 11 is 1.76. The zero-order valence-electron chi connectivity index (χ0n) is 16.7. The molecule has 7 atom stereocenters. The highest BCUT2D eigenvalue weighted by Crippen LogP contribution is 2.33. The van der Waals surface area contributed by atoms with E-state index >= 15 is 0 Å². The molecule has 2 saturated heterocycles. The average molecular weight is 448 g/mol. The van der Waals surface area contributed by atoms with Crippen LogP contribution in [-0.2, 0) is 19.1 Å². The topological polar surface area (TPSA) is 188 Å². The number of carbonyl (C=O) groups is 4. The first-order chi connectivity index (χ1) is 14.1. The van der Waals surface area contributed by atoms with E-state index in [-0.39, 0.29) is 29.8 Å². The molecule has 2 amide bonds. The van der Waals surface area contributed by atoms with Crippen LogP contribution in [0, 0.1) is 0 Å². The number of ketones is 2. The number of fused-ring (bicyclic) bond motifs is 1. The molecule has 0 aromatic heterocycles. The van der Waals surface area contributed by atoms with Crippen molar-refractivity contribution in [2.75, 3.05) is 12.4 Å². The maximum Gasteiger partial charge on any atom is 0.315 e. The van der Waals surface area contributed by atoms with E-state index in [2.05, 4.69) is 10.6 Å². The van der Waals surface area contributed by atoms with Gasteiger partial charge in [-0.25, -0.2) is 4.79 Å². The highest BCUT2D eigenvalue weighted by Gasteiger charge is 2.42. The number of carbonyl (C=O) groups excluding carboxylic acids is 4. The number of thioether (sulfide) groups is 1. The number of aliphatic hydroxyl groups excluding tert-OH is 3. The van der Waals surface area contributed by atoms with Crippen LogP contribution in [0.25, 0.3) is 0 Å². The summed E-state index contributed by atoms with van der Waals surface area (Å²) in [5.74, 6) is -1.85. The summed E-state index contributed by atoms with van der Waals surface area (Å²) in [6, 6.07) is -1.62. The molecule has 0 aromatic rings. The van der Waals surface area contributed by atoms with Gasteiger partial charge in [0, 0.05) is 24.3 Å². The summed E-state index contributed by atoms with van der Waals surface area (Å²) in [7, 11) is 0. The van der Waals surface area contributed by atoms with Crippen LogP contribution in [0.2, 0.25) is 0 Å². The van der Waals surface area contributed by atoms with Crippen LogP contribution in [0.3, 0.4) is 0 Å². The van der Waals surface area contributed by atoms with E-state index in [0.717, 1.165) is 19.1 Å². The van der Waals surface area contributed by atoms with Crippen LogP contribution in [0.1, 0.15) is 32.6 Å². The average Bonchev–Trinajstić information content (AvgIpc) is 3.26. The van der Waals surface area contributed by atoms with Gasteiger partial charge >= 0.3 is 12.0 Å². The Morgan fingerprint density at radius 3 is 2.60 bits per heavy atom. The van der Waals surface area contributed by atoms with Crippen molar-refractivity contribution in [3.8, 4) is 0 Å². The molecule has 0 aromatic carbocycles. The third-order valence-electron chi connectivity index (χ3n) is 5.25. The molecule has 0 aliphatic carbocycles. The van der Waals surface area contributed by atoms with E-state index in [9.17, 15) is 29.4 Å². The molecular weight excluding hydrogens is 418 g/mol. The number of aliphatic hydroxyl groups is 3. The number of amides is 2. The molecule has 0 unspecified atom stereocenters. The molecule has 0 spiro atoms. The molecule has 0 bridgehead atoms. The van der Waals surface area contributed by atoms with E-state index in [1.165, 1.54) is 0 Å². The summed E-state index contributed by atoms with van der Waals surface area (Å²) in [5, 5.41) is 34.7. The van der Waals surface area contributed by atoms with Crippen LogP contribution in [-0.4, -0.2) is 92.9 Å². The maximum atomic E-state index is 12.2. The van der Waals surface area contributed by atoms with Gasteiger partial charge in [0.15, 0.2) is 11.9 Å². The first kappa shape index (κ1) is 24.5. The molecule has 7 N–H and O–H groups in total. The minimum absolute atomic E-state index is 0.0183. The quantitative estimate of drug-likeness (QED) is 0.0831. The third-order valence-corrected chi connectivity index (χ3v) is 6.76. The van der Waals surface area contributed by atoms with Gasteiger partial charge in [-0.15, -0.1) is 0 Å². The number of nitrogens with two attached hydrogens (primary N) is 1. The Bertz CT molecular complexity index is 663. The molecule has 2 aliphatic rings. The van der Waals surface area contributed by atoms with Gasteiger partial charge in [-0.05, 0) is 12.8 Å². The molecule has 0 radical (unpaired) electrons. The van der Waals surface area contributed by atoms with Crippen LogP contribution in [0.15, 0.2) is 0 Å². The van der Waals surface area contributed by atoms with Gasteiger partial charge in [-0.3, -0.25) is 14.4 Å². The van der Waals surface area contributed by atoms with Crippen molar-refractivity contribution in [1.29, 1.82) is 0 Å². The van der Waals surface area contributed by atoms with Crippen molar-refractivity contribution >= 4 is 35.3 Å². The van der Waals surface area contributed by atoms with Crippen molar-refractivity contribution in [3.05, 3.63) is 0 Å². The number of urea groups is 1. The molecule has 2 rings (SSSR count). The lowest BCUT2D eigenvalue weighted by atomic mass is 9.96. The number of Topliss-reactive ketones (excluding diaryl/α,β-unsaturated/α-hetero) is 2. The predicted octanol–water partition coefficient (Wildman–Crippen LogP) is -2.18. The first-order valence-electron chi connectivity index (χ1n) is 9.81. The van der Waals surface area contributed by atoms with E-state index in [1.807, 2.05) is 0 Å². The first-order valence-corrected chi connectivity index (χ1v) is 10.9. The molecule has 11 nitrogen and oxygen atoms in total. The minimum atomic E-state index is -1.83. The van der Waals surface area contributed by atoms with E-state index < -0.39 is 48.5 Å². The zero-order valence-corrected chi connectivity index (χ0v) is 17.5. The fourth-order valence-corrected chi connectivity index (χ4v) is 5.08. The fraction of sp³-hybridized carbons (Fsp3) is 0.778. The number of unbranched alkanes of at least 4 members (excludes halogenated alkanes) is 1. The van der Waals surface area contributed by atoms with Crippen molar-refractivity contribution in [2.45, 2.75) is 74.3 Å². The fourth-order valence-electron chi connectivity index (χ4n) is 3.53. The minimum Gasteiger partial charge on any atom is -0.457 e. The van der Waals surface area contributed by atoms with E-state index in [0.29, 0.717) is 12.8 Å². The standard InChI is InChI=1S/C18H29N3O8S/c1-8(23)15(26)13(19)17(16(27)10(24)6-22)29-12(25)5-3-2-4-11-14-9(7-30-11)20-18(28)21-14/h9-11,13-14,16-17,22,24,27H,2-7,19H2,1H3,(H2,20,21,28)/t9-,10+,11-,13-,14-,16-,17+/m0/s1. The lowest BCUT2D eigenvalue weighted by molar-refractivity contribution is -0.166. The Balaban J connectivity index is 1.82. The monoisotopic (exact) mass is 447 g/mol. The summed E-state index contributed by atoms with van der Waals surface area (Å²) in [6.45, 7) is 0.145. The molecule has 170 valence electrons. The van der Waals surface area contributed by atoms with Gasteiger partial charge in [-0.1, -0.05) is 6.42 Å². The number of ether oxygens (including phenoxy) is 1. The number of hydrogen-bond donors (Lipinski definition) is 6. The van der Waals surface area contributed by atoms with Gasteiger partial charge in [0.05, 0.1) is 18.7 Å². The Morgan fingerprint density at radius 1 is 1.27 bits per heavy atom. The molecule has 30 heavy (non-hydrogen) atoms. The van der Waals surface area contributed by atoms with Gasteiger partial charge in [0.2, 0.25) is 5.78 Å². The number of hydrogen-bond acceptors (Lipinski definition) is 10. The summed E-state index contributed by atoms with van der Waals surface area (Å²) in [4.78, 5) is 46.7. The normalized spacial score (nSPS) is 26.7. The summed E-state index contributed by atoms with van der Waals surface area (Å²) in [5.41, 5.74) is 5.66. The lowest BCUT2D eigenvalue weighted by Gasteiger charge is -2.29. The second-order valence-electron chi connectivity index (χ2n) is 7.51. The smallest absolute Gasteiger partial charge is 0.315 e. The van der Waals surface area contributed by atoms with Crippen molar-refractivity contribution in [3.63, 3.8) is 0 Å². The Hall–Kier alpha value is -1.73. The van der Waals surface area contributed by atoms with Crippen molar-refractivity contribution in [1.82, 2.24) is 10.6 Å². The number of nitrogens with one attached hydrogen (secondary N) is 2. The Labute approximate surface area is 178 Å². The van der Waals surface area contributed by atoms with Crippen LogP contribution < -0.4 is 16.4 Å².